The fraction of sp³-hybridized carbons (Fsp3) is 0.280. The van der Waals surface area contributed by atoms with Crippen LogP contribution < -0.4 is 0 Å². The lowest BCUT2D eigenvalue weighted by atomic mass is 9.95. The van der Waals surface area contributed by atoms with Crippen molar-refractivity contribution in [2.24, 2.45) is 0 Å². The maximum Gasteiger partial charge on any atom is 0.416 e. The van der Waals surface area contributed by atoms with E-state index in [0.29, 0.717) is 70.0 Å². The standard InChI is InChI=1S/C25H19Cl2F3N4O3/c1-13-19(21(32-36-13)20-17(26)3-2-4-18(20)27)24(35)34-11-9-15(10-12-34)23-31-22(33-37-23)14-5-7-16(8-6-14)25(28,29)30/h2-8,15H,9-12H2,1H3. The molecule has 1 amide bonds. The molecule has 0 radical (unpaired) electrons. The summed E-state index contributed by atoms with van der Waals surface area (Å²) in [4.78, 5) is 19.5. The van der Waals surface area contributed by atoms with Gasteiger partial charge in [-0.1, -0.05) is 51.7 Å². The van der Waals surface area contributed by atoms with Gasteiger partial charge >= 0.3 is 6.18 Å². The van der Waals surface area contributed by atoms with Crippen molar-refractivity contribution >= 4 is 29.1 Å². The van der Waals surface area contributed by atoms with Crippen molar-refractivity contribution in [1.82, 2.24) is 20.2 Å². The van der Waals surface area contributed by atoms with Crippen LogP contribution in [0.5, 0.6) is 0 Å². The van der Waals surface area contributed by atoms with E-state index in [4.69, 9.17) is 32.2 Å². The average molecular weight is 551 g/mol. The predicted octanol–water partition coefficient (Wildman–Crippen LogP) is 7.05. The van der Waals surface area contributed by atoms with Gasteiger partial charge in [0, 0.05) is 30.1 Å². The zero-order valence-corrected chi connectivity index (χ0v) is 20.9. The van der Waals surface area contributed by atoms with E-state index in [1.807, 2.05) is 0 Å². The van der Waals surface area contributed by atoms with Gasteiger partial charge in [0.15, 0.2) is 0 Å². The number of hydrogen-bond donors (Lipinski definition) is 0. The van der Waals surface area contributed by atoms with Gasteiger partial charge in [-0.2, -0.15) is 18.2 Å². The van der Waals surface area contributed by atoms with E-state index in [2.05, 4.69) is 15.3 Å². The molecule has 0 bridgehead atoms. The topological polar surface area (TPSA) is 85.3 Å². The Hall–Kier alpha value is -3.37. The lowest BCUT2D eigenvalue weighted by Crippen LogP contribution is -2.38. The van der Waals surface area contributed by atoms with E-state index >= 15 is 0 Å². The molecule has 2 aromatic heterocycles. The van der Waals surface area contributed by atoms with Crippen LogP contribution in [-0.2, 0) is 6.18 Å². The minimum atomic E-state index is -4.42. The summed E-state index contributed by atoms with van der Waals surface area (Å²) < 4.78 is 49.2. The summed E-state index contributed by atoms with van der Waals surface area (Å²) in [7, 11) is 0. The number of alkyl halides is 3. The number of rotatable bonds is 4. The number of amides is 1. The molecule has 0 aliphatic carbocycles. The van der Waals surface area contributed by atoms with Crippen LogP contribution in [0.2, 0.25) is 10.0 Å². The molecule has 2 aromatic carbocycles. The highest BCUT2D eigenvalue weighted by Crippen LogP contribution is 2.38. The third kappa shape index (κ3) is 4.95. The molecule has 7 nitrogen and oxygen atoms in total. The molecule has 37 heavy (non-hydrogen) atoms. The molecule has 0 atom stereocenters. The first-order valence-corrected chi connectivity index (χ1v) is 12.1. The second kappa shape index (κ2) is 9.83. The molecule has 3 heterocycles. The number of piperidine rings is 1. The first-order valence-electron chi connectivity index (χ1n) is 11.3. The molecule has 0 spiro atoms. The van der Waals surface area contributed by atoms with Gasteiger partial charge < -0.3 is 13.9 Å². The summed E-state index contributed by atoms with van der Waals surface area (Å²) in [6.07, 6.45) is -3.29. The van der Waals surface area contributed by atoms with Crippen molar-refractivity contribution in [3.8, 4) is 22.6 Å². The Morgan fingerprint density at radius 1 is 1.00 bits per heavy atom. The second-order valence-corrected chi connectivity index (χ2v) is 9.47. The maximum absolute atomic E-state index is 13.4. The van der Waals surface area contributed by atoms with E-state index in [1.54, 1.807) is 30.0 Å². The Bertz CT molecular complexity index is 1420. The van der Waals surface area contributed by atoms with Crippen LogP contribution in [-0.4, -0.2) is 39.2 Å². The molecular weight excluding hydrogens is 532 g/mol. The lowest BCUT2D eigenvalue weighted by Gasteiger charge is -2.30. The van der Waals surface area contributed by atoms with Crippen molar-refractivity contribution in [2.45, 2.75) is 31.9 Å². The van der Waals surface area contributed by atoms with Crippen LogP contribution >= 0.6 is 23.2 Å². The van der Waals surface area contributed by atoms with Crippen LogP contribution in [0, 0.1) is 6.92 Å². The molecular formula is C25H19Cl2F3N4O3. The summed E-state index contributed by atoms with van der Waals surface area (Å²) in [6.45, 7) is 2.49. The Labute approximate surface area is 219 Å². The number of nitrogens with zero attached hydrogens (tertiary/aromatic N) is 4. The molecule has 12 heteroatoms. The minimum Gasteiger partial charge on any atom is -0.360 e. The maximum atomic E-state index is 13.4. The molecule has 1 aliphatic rings. The number of hydrogen-bond acceptors (Lipinski definition) is 6. The highest BCUT2D eigenvalue weighted by molar-refractivity contribution is 6.39. The zero-order valence-electron chi connectivity index (χ0n) is 19.4. The molecule has 4 aromatic rings. The summed E-state index contributed by atoms with van der Waals surface area (Å²) in [5, 5.41) is 8.69. The number of benzene rings is 2. The van der Waals surface area contributed by atoms with Crippen LogP contribution in [0.25, 0.3) is 22.6 Å². The number of carbonyl (C=O) groups excluding carboxylic acids is 1. The fourth-order valence-corrected chi connectivity index (χ4v) is 4.91. The summed E-state index contributed by atoms with van der Waals surface area (Å²) in [6, 6.07) is 9.60. The molecule has 0 N–H and O–H groups in total. The Kier molecular flexibility index (Phi) is 6.72. The van der Waals surface area contributed by atoms with Gasteiger partial charge in [-0.15, -0.1) is 0 Å². The minimum absolute atomic E-state index is 0.0965. The SMILES string of the molecule is Cc1onc(-c2c(Cl)cccc2Cl)c1C(=O)N1CCC(c2nc(-c3ccc(C(F)(F)F)cc3)no2)CC1. The smallest absolute Gasteiger partial charge is 0.360 e. The van der Waals surface area contributed by atoms with Gasteiger partial charge in [0.25, 0.3) is 5.91 Å². The summed E-state index contributed by atoms with van der Waals surface area (Å²) in [5.74, 6) is 0.603. The molecule has 1 aliphatic heterocycles. The van der Waals surface area contributed by atoms with Gasteiger partial charge in [-0.3, -0.25) is 4.79 Å². The second-order valence-electron chi connectivity index (χ2n) is 8.66. The first kappa shape index (κ1) is 25.3. The molecule has 1 fully saturated rings. The number of likely N-dealkylation sites (tertiary alicyclic amines) is 1. The highest BCUT2D eigenvalue weighted by Gasteiger charge is 2.33. The van der Waals surface area contributed by atoms with Gasteiger partial charge in [-0.05, 0) is 44.0 Å². The van der Waals surface area contributed by atoms with Gasteiger partial charge in [0.1, 0.15) is 17.0 Å². The number of aryl methyl sites for hydroxylation is 1. The highest BCUT2D eigenvalue weighted by atomic mass is 35.5. The van der Waals surface area contributed by atoms with E-state index in [1.165, 1.54) is 12.1 Å². The van der Waals surface area contributed by atoms with Crippen molar-refractivity contribution in [3.63, 3.8) is 0 Å². The third-order valence-corrected chi connectivity index (χ3v) is 6.95. The monoisotopic (exact) mass is 550 g/mol. The number of aromatic nitrogens is 3. The number of halogens is 5. The Balaban J connectivity index is 1.29. The van der Waals surface area contributed by atoms with Crippen molar-refractivity contribution < 1.29 is 27.0 Å². The largest absolute Gasteiger partial charge is 0.416 e. The van der Waals surface area contributed by atoms with Crippen LogP contribution in [0.4, 0.5) is 13.2 Å². The van der Waals surface area contributed by atoms with Gasteiger partial charge in [0.05, 0.1) is 15.6 Å². The van der Waals surface area contributed by atoms with Crippen molar-refractivity contribution in [3.05, 3.63) is 75.3 Å². The molecule has 192 valence electrons. The normalized spacial score (nSPS) is 14.8. The van der Waals surface area contributed by atoms with Crippen LogP contribution in [0.3, 0.4) is 0 Å². The van der Waals surface area contributed by atoms with Gasteiger partial charge in [0.2, 0.25) is 11.7 Å². The Morgan fingerprint density at radius 3 is 2.27 bits per heavy atom. The van der Waals surface area contributed by atoms with Crippen molar-refractivity contribution in [1.29, 1.82) is 0 Å². The summed E-state index contributed by atoms with van der Waals surface area (Å²) in [5.41, 5.74) is 0.695. The molecule has 1 saturated heterocycles. The van der Waals surface area contributed by atoms with Crippen LogP contribution in [0.15, 0.2) is 51.5 Å². The van der Waals surface area contributed by atoms with Gasteiger partial charge in [-0.25, -0.2) is 0 Å². The van der Waals surface area contributed by atoms with Crippen molar-refractivity contribution in [2.75, 3.05) is 13.1 Å². The quantitative estimate of drug-likeness (QED) is 0.270. The van der Waals surface area contributed by atoms with E-state index in [9.17, 15) is 18.0 Å². The third-order valence-electron chi connectivity index (χ3n) is 6.32. The molecule has 5 rings (SSSR count). The molecule has 0 saturated carbocycles. The average Bonchev–Trinajstić information content (AvgIpc) is 3.51. The zero-order chi connectivity index (χ0) is 26.3. The van der Waals surface area contributed by atoms with E-state index in [0.717, 1.165) is 12.1 Å². The first-order chi connectivity index (χ1) is 17.6. The van der Waals surface area contributed by atoms with E-state index in [-0.39, 0.29) is 17.6 Å². The Morgan fingerprint density at radius 2 is 1.65 bits per heavy atom. The molecule has 0 unspecified atom stereocenters. The van der Waals surface area contributed by atoms with E-state index < -0.39 is 11.7 Å². The fourth-order valence-electron chi connectivity index (χ4n) is 4.33. The predicted molar refractivity (Wildman–Crippen MR) is 129 cm³/mol. The lowest BCUT2D eigenvalue weighted by molar-refractivity contribution is -0.137. The van der Waals surface area contributed by atoms with Crippen LogP contribution in [0.1, 0.15) is 46.3 Å². The summed E-state index contributed by atoms with van der Waals surface area (Å²) >= 11 is 12.7. The number of carbonyl (C=O) groups is 1.